The molecule has 9 heteroatoms. The van der Waals surface area contributed by atoms with Crippen LogP contribution < -0.4 is 15.2 Å². The van der Waals surface area contributed by atoms with Crippen molar-refractivity contribution >= 4 is 22.2 Å². The van der Waals surface area contributed by atoms with Crippen LogP contribution in [0.5, 0.6) is 11.5 Å². The zero-order valence-corrected chi connectivity index (χ0v) is 10.7. The minimum absolute atomic E-state index is 0.0715. The summed E-state index contributed by atoms with van der Waals surface area (Å²) in [6, 6.07) is 4.35. The molecule has 0 spiro atoms. The lowest BCUT2D eigenvalue weighted by Crippen LogP contribution is -1.99. The molecule has 0 fully saturated rings. The number of nitrogens with two attached hydrogens (primary N) is 1. The highest BCUT2D eigenvalue weighted by atomic mass is 32.1. The average molecular weight is 282 g/mol. The standard InChI is InChI=1S/C10H10N4O4S/c1-17-6-2-3-8(7(4-6)14(15)16)18-5-9-12-13-10(11)19-9/h2-4H,5H2,1H3,(H2,11,13). The van der Waals surface area contributed by atoms with Crippen LogP contribution >= 0.6 is 11.3 Å². The Morgan fingerprint density at radius 2 is 2.26 bits per heavy atom. The summed E-state index contributed by atoms with van der Waals surface area (Å²) in [7, 11) is 1.43. The Hall–Kier alpha value is -2.42. The molecule has 19 heavy (non-hydrogen) atoms. The zero-order valence-electron chi connectivity index (χ0n) is 9.90. The molecule has 0 saturated heterocycles. The molecule has 0 saturated carbocycles. The lowest BCUT2D eigenvalue weighted by Gasteiger charge is -2.06. The van der Waals surface area contributed by atoms with E-state index in [1.54, 1.807) is 6.07 Å². The molecule has 0 aliphatic carbocycles. The van der Waals surface area contributed by atoms with Crippen LogP contribution in [0.2, 0.25) is 0 Å². The summed E-state index contributed by atoms with van der Waals surface area (Å²) in [5, 5.41) is 19.2. The Labute approximate surface area is 111 Å². The number of nitrogen functional groups attached to an aromatic ring is 1. The van der Waals surface area contributed by atoms with Gasteiger partial charge >= 0.3 is 5.69 Å². The third kappa shape index (κ3) is 3.07. The lowest BCUT2D eigenvalue weighted by molar-refractivity contribution is -0.386. The van der Waals surface area contributed by atoms with Crippen molar-refractivity contribution < 1.29 is 14.4 Å². The van der Waals surface area contributed by atoms with Crippen LogP contribution in [0.15, 0.2) is 18.2 Å². The maximum absolute atomic E-state index is 10.9. The molecule has 1 aromatic heterocycles. The molecule has 2 N–H and O–H groups in total. The second-order valence-electron chi connectivity index (χ2n) is 3.41. The first-order valence-corrected chi connectivity index (χ1v) is 5.95. The molecular formula is C10H10N4O4S. The molecular weight excluding hydrogens is 272 g/mol. The third-order valence-electron chi connectivity index (χ3n) is 2.20. The predicted molar refractivity (Wildman–Crippen MR) is 68.3 cm³/mol. The van der Waals surface area contributed by atoms with Crippen LogP contribution in [0.3, 0.4) is 0 Å². The second-order valence-corrected chi connectivity index (χ2v) is 4.51. The number of rotatable bonds is 5. The van der Waals surface area contributed by atoms with Gasteiger partial charge in [-0.2, -0.15) is 0 Å². The van der Waals surface area contributed by atoms with Crippen molar-refractivity contribution in [3.8, 4) is 11.5 Å². The Kier molecular flexibility index (Phi) is 3.76. The molecule has 0 aliphatic rings. The number of ether oxygens (including phenoxy) is 2. The first-order chi connectivity index (χ1) is 9.10. The van der Waals surface area contributed by atoms with Gasteiger partial charge < -0.3 is 15.2 Å². The Balaban J connectivity index is 2.17. The van der Waals surface area contributed by atoms with Gasteiger partial charge in [0.2, 0.25) is 5.13 Å². The van der Waals surface area contributed by atoms with Gasteiger partial charge in [-0.15, -0.1) is 10.2 Å². The van der Waals surface area contributed by atoms with Crippen molar-refractivity contribution in [2.75, 3.05) is 12.8 Å². The Morgan fingerprint density at radius 1 is 1.47 bits per heavy atom. The van der Waals surface area contributed by atoms with E-state index in [0.717, 1.165) is 11.3 Å². The highest BCUT2D eigenvalue weighted by Crippen LogP contribution is 2.31. The van der Waals surface area contributed by atoms with Gasteiger partial charge in [-0.1, -0.05) is 11.3 Å². The molecule has 100 valence electrons. The van der Waals surface area contributed by atoms with Crippen LogP contribution in [-0.4, -0.2) is 22.2 Å². The summed E-state index contributed by atoms with van der Waals surface area (Å²) in [6.45, 7) is 0.0715. The molecule has 0 atom stereocenters. The van der Waals surface area contributed by atoms with Gasteiger partial charge in [0.05, 0.1) is 18.1 Å². The Morgan fingerprint density at radius 3 is 2.84 bits per heavy atom. The number of hydrogen-bond donors (Lipinski definition) is 1. The minimum atomic E-state index is -0.535. The monoisotopic (exact) mass is 282 g/mol. The van der Waals surface area contributed by atoms with E-state index >= 15 is 0 Å². The van der Waals surface area contributed by atoms with Gasteiger partial charge in [0.15, 0.2) is 10.8 Å². The molecule has 0 unspecified atom stereocenters. The smallest absolute Gasteiger partial charge is 0.314 e. The zero-order chi connectivity index (χ0) is 13.8. The molecule has 1 aromatic carbocycles. The van der Waals surface area contributed by atoms with E-state index in [9.17, 15) is 10.1 Å². The minimum Gasteiger partial charge on any atom is -0.496 e. The molecule has 0 bridgehead atoms. The number of benzene rings is 1. The molecule has 2 rings (SSSR count). The van der Waals surface area contributed by atoms with Crippen LogP contribution in [0.1, 0.15) is 5.01 Å². The molecule has 8 nitrogen and oxygen atoms in total. The highest BCUT2D eigenvalue weighted by molar-refractivity contribution is 7.15. The second kappa shape index (κ2) is 5.48. The molecule has 2 aromatic rings. The normalized spacial score (nSPS) is 10.2. The van der Waals surface area contributed by atoms with E-state index in [2.05, 4.69) is 10.2 Å². The van der Waals surface area contributed by atoms with Crippen molar-refractivity contribution in [3.63, 3.8) is 0 Å². The largest absolute Gasteiger partial charge is 0.496 e. The number of anilines is 1. The van der Waals surface area contributed by atoms with Crippen molar-refractivity contribution in [3.05, 3.63) is 33.3 Å². The maximum Gasteiger partial charge on any atom is 0.314 e. The average Bonchev–Trinajstić information content (AvgIpc) is 2.82. The van der Waals surface area contributed by atoms with E-state index in [1.807, 2.05) is 0 Å². The van der Waals surface area contributed by atoms with Gasteiger partial charge in [-0.3, -0.25) is 10.1 Å². The van der Waals surface area contributed by atoms with Gasteiger partial charge in [0, 0.05) is 0 Å². The van der Waals surface area contributed by atoms with Crippen molar-refractivity contribution in [1.82, 2.24) is 10.2 Å². The van der Waals surface area contributed by atoms with E-state index in [4.69, 9.17) is 15.2 Å². The molecule has 0 radical (unpaired) electrons. The highest BCUT2D eigenvalue weighted by Gasteiger charge is 2.17. The van der Waals surface area contributed by atoms with Crippen LogP contribution in [-0.2, 0) is 6.61 Å². The summed E-state index contributed by atoms with van der Waals surface area (Å²) < 4.78 is 10.3. The van der Waals surface area contributed by atoms with E-state index in [-0.39, 0.29) is 18.0 Å². The van der Waals surface area contributed by atoms with Crippen LogP contribution in [0.25, 0.3) is 0 Å². The van der Waals surface area contributed by atoms with Gasteiger partial charge in [-0.05, 0) is 12.1 Å². The fraction of sp³-hybridized carbons (Fsp3) is 0.200. The Bertz CT molecular complexity index is 601. The first-order valence-electron chi connectivity index (χ1n) is 5.13. The fourth-order valence-corrected chi connectivity index (χ4v) is 1.88. The number of aromatic nitrogens is 2. The first kappa shape index (κ1) is 13.0. The summed E-state index contributed by atoms with van der Waals surface area (Å²) in [6.07, 6.45) is 0. The third-order valence-corrected chi connectivity index (χ3v) is 2.92. The van der Waals surface area contributed by atoms with Crippen LogP contribution in [0.4, 0.5) is 10.8 Å². The van der Waals surface area contributed by atoms with E-state index < -0.39 is 4.92 Å². The number of nitro benzene ring substituents is 1. The summed E-state index contributed by atoms with van der Waals surface area (Å²) in [5.74, 6) is 0.527. The number of methoxy groups -OCH3 is 1. The van der Waals surface area contributed by atoms with Crippen molar-refractivity contribution in [1.29, 1.82) is 0 Å². The van der Waals surface area contributed by atoms with E-state index in [1.165, 1.54) is 19.2 Å². The van der Waals surface area contributed by atoms with Gasteiger partial charge in [-0.25, -0.2) is 0 Å². The molecule has 0 amide bonds. The maximum atomic E-state index is 10.9. The van der Waals surface area contributed by atoms with Crippen molar-refractivity contribution in [2.24, 2.45) is 0 Å². The van der Waals surface area contributed by atoms with E-state index in [0.29, 0.717) is 15.9 Å². The number of hydrogen-bond acceptors (Lipinski definition) is 8. The molecule has 1 heterocycles. The quantitative estimate of drug-likeness (QED) is 0.654. The fourth-order valence-electron chi connectivity index (χ4n) is 1.35. The summed E-state index contributed by atoms with van der Waals surface area (Å²) >= 11 is 1.16. The van der Waals surface area contributed by atoms with Gasteiger partial charge in [0.25, 0.3) is 0 Å². The van der Waals surface area contributed by atoms with Gasteiger partial charge in [0.1, 0.15) is 12.4 Å². The predicted octanol–water partition coefficient (Wildman–Crippen LogP) is 1.62. The number of nitrogens with zero attached hydrogens (tertiary/aromatic N) is 3. The summed E-state index contributed by atoms with van der Waals surface area (Å²) in [4.78, 5) is 10.4. The SMILES string of the molecule is COc1ccc(OCc2nnc(N)s2)c([N+](=O)[O-])c1. The topological polar surface area (TPSA) is 113 Å². The lowest BCUT2D eigenvalue weighted by atomic mass is 10.3. The molecule has 0 aliphatic heterocycles. The summed E-state index contributed by atoms with van der Waals surface area (Å²) in [5.41, 5.74) is 5.26. The number of nitro groups is 1. The van der Waals surface area contributed by atoms with Crippen LogP contribution in [0, 0.1) is 10.1 Å². The van der Waals surface area contributed by atoms with Crippen molar-refractivity contribution in [2.45, 2.75) is 6.61 Å².